The second-order valence-electron chi connectivity index (χ2n) is 7.55. The minimum absolute atomic E-state index is 0.0628. The van der Waals surface area contributed by atoms with Gasteiger partial charge in [0.2, 0.25) is 0 Å². The number of hydrogen-bond acceptors (Lipinski definition) is 4. The first-order chi connectivity index (χ1) is 14.0. The van der Waals surface area contributed by atoms with Crippen molar-refractivity contribution in [1.82, 2.24) is 4.57 Å². The van der Waals surface area contributed by atoms with Crippen molar-refractivity contribution < 1.29 is 9.47 Å². The van der Waals surface area contributed by atoms with E-state index in [1.807, 2.05) is 28.8 Å². The van der Waals surface area contributed by atoms with Gasteiger partial charge in [0.1, 0.15) is 0 Å². The van der Waals surface area contributed by atoms with Gasteiger partial charge in [0.05, 0.1) is 14.2 Å². The fourth-order valence-electron chi connectivity index (χ4n) is 3.70. The minimum atomic E-state index is 0.0628. The predicted molar refractivity (Wildman–Crippen MR) is 118 cm³/mol. The molecule has 0 bridgehead atoms. The molecular formula is C24H30N2O3. The van der Waals surface area contributed by atoms with Gasteiger partial charge in [-0.2, -0.15) is 0 Å². The molecular weight excluding hydrogens is 364 g/mol. The molecule has 0 radical (unpaired) electrons. The Morgan fingerprint density at radius 1 is 1.10 bits per heavy atom. The lowest BCUT2D eigenvalue weighted by molar-refractivity contribution is 0.354. The lowest BCUT2D eigenvalue weighted by Crippen LogP contribution is -2.28. The summed E-state index contributed by atoms with van der Waals surface area (Å²) in [4.78, 5) is 17.3. The maximum atomic E-state index is 12.4. The Morgan fingerprint density at radius 3 is 2.62 bits per heavy atom. The summed E-state index contributed by atoms with van der Waals surface area (Å²) in [6.07, 6.45) is 5.84. The molecule has 0 saturated heterocycles. The van der Waals surface area contributed by atoms with Gasteiger partial charge in [-0.15, -0.1) is 0 Å². The van der Waals surface area contributed by atoms with Crippen molar-refractivity contribution in [2.24, 2.45) is 4.99 Å². The van der Waals surface area contributed by atoms with Crippen LogP contribution < -0.4 is 15.0 Å². The highest BCUT2D eigenvalue weighted by Gasteiger charge is 2.19. The summed E-state index contributed by atoms with van der Waals surface area (Å²) < 4.78 is 12.6. The second kappa shape index (κ2) is 9.59. The number of aromatic nitrogens is 1. The topological polar surface area (TPSA) is 52.8 Å². The Bertz CT molecular complexity index is 982. The van der Waals surface area contributed by atoms with Gasteiger partial charge in [0.15, 0.2) is 11.5 Å². The highest BCUT2D eigenvalue weighted by Crippen LogP contribution is 2.28. The molecule has 1 heterocycles. The zero-order valence-electron chi connectivity index (χ0n) is 17.8. The summed E-state index contributed by atoms with van der Waals surface area (Å²) in [6.45, 7) is 5.45. The molecule has 0 amide bonds. The van der Waals surface area contributed by atoms with E-state index in [4.69, 9.17) is 14.5 Å². The first kappa shape index (κ1) is 20.9. The number of allylic oxidation sites excluding steroid dienone is 2. The van der Waals surface area contributed by atoms with Crippen molar-refractivity contribution in [3.8, 4) is 11.5 Å². The van der Waals surface area contributed by atoms with Crippen LogP contribution in [0, 0.1) is 0 Å². The maximum Gasteiger partial charge on any atom is 0.251 e. The third-order valence-corrected chi connectivity index (χ3v) is 5.27. The van der Waals surface area contributed by atoms with E-state index in [0.717, 1.165) is 59.7 Å². The first-order valence-corrected chi connectivity index (χ1v) is 10.1. The van der Waals surface area contributed by atoms with Crippen molar-refractivity contribution in [1.29, 1.82) is 0 Å². The third kappa shape index (κ3) is 4.97. The fraction of sp³-hybridized carbons (Fsp3) is 0.417. The Labute approximate surface area is 172 Å². The number of nitrogens with zero attached hydrogens (tertiary/aromatic N) is 2. The van der Waals surface area contributed by atoms with Crippen LogP contribution in [0.25, 0.3) is 0 Å². The van der Waals surface area contributed by atoms with Gasteiger partial charge < -0.3 is 14.0 Å². The summed E-state index contributed by atoms with van der Waals surface area (Å²) in [5.41, 5.74) is 5.80. The van der Waals surface area contributed by atoms with E-state index in [1.54, 1.807) is 20.3 Å². The van der Waals surface area contributed by atoms with Gasteiger partial charge in [-0.1, -0.05) is 17.7 Å². The Kier molecular flexibility index (Phi) is 6.91. The van der Waals surface area contributed by atoms with Gasteiger partial charge in [-0.05, 0) is 63.3 Å². The lowest BCUT2D eigenvalue weighted by Gasteiger charge is -2.22. The van der Waals surface area contributed by atoms with E-state index < -0.39 is 0 Å². The lowest BCUT2D eigenvalue weighted by atomic mass is 9.93. The van der Waals surface area contributed by atoms with Crippen LogP contribution in [-0.2, 0) is 19.4 Å². The number of hydrogen-bond donors (Lipinski definition) is 0. The van der Waals surface area contributed by atoms with Crippen molar-refractivity contribution in [3.05, 3.63) is 69.2 Å². The van der Waals surface area contributed by atoms with E-state index in [9.17, 15) is 4.79 Å². The molecule has 1 aromatic carbocycles. The van der Waals surface area contributed by atoms with Crippen LogP contribution in [0.4, 0.5) is 0 Å². The normalized spacial score (nSPS) is 14.4. The molecule has 0 spiro atoms. The molecule has 1 aliphatic carbocycles. The Hall–Kier alpha value is -2.82. The van der Waals surface area contributed by atoms with Crippen LogP contribution >= 0.6 is 0 Å². The van der Waals surface area contributed by atoms with E-state index in [-0.39, 0.29) is 5.56 Å². The average Bonchev–Trinajstić information content (AvgIpc) is 2.72. The Balaban J connectivity index is 1.80. The monoisotopic (exact) mass is 394 g/mol. The number of benzene rings is 1. The molecule has 5 heteroatoms. The van der Waals surface area contributed by atoms with Crippen LogP contribution in [0.1, 0.15) is 43.5 Å². The molecule has 0 N–H and O–H groups in total. The number of methoxy groups -OCH3 is 2. The van der Waals surface area contributed by atoms with Gasteiger partial charge in [-0.25, -0.2) is 0 Å². The van der Waals surface area contributed by atoms with Crippen LogP contribution in [0.15, 0.2) is 51.8 Å². The number of ether oxygens (including phenoxy) is 2. The van der Waals surface area contributed by atoms with Crippen molar-refractivity contribution in [3.63, 3.8) is 0 Å². The second-order valence-corrected chi connectivity index (χ2v) is 7.55. The zero-order chi connectivity index (χ0) is 20.8. The van der Waals surface area contributed by atoms with Crippen molar-refractivity contribution in [2.45, 2.75) is 46.1 Å². The minimum Gasteiger partial charge on any atom is -0.493 e. The summed E-state index contributed by atoms with van der Waals surface area (Å²) in [5, 5.41) is 0. The molecule has 1 aromatic heterocycles. The molecule has 0 saturated carbocycles. The molecule has 1 aliphatic rings. The summed E-state index contributed by atoms with van der Waals surface area (Å²) in [6, 6.07) is 9.61. The highest BCUT2D eigenvalue weighted by atomic mass is 16.5. The number of rotatable bonds is 7. The van der Waals surface area contributed by atoms with Gasteiger partial charge in [0.25, 0.3) is 5.56 Å². The highest BCUT2D eigenvalue weighted by molar-refractivity contribution is 6.02. The van der Waals surface area contributed by atoms with Gasteiger partial charge in [-0.3, -0.25) is 9.79 Å². The largest absolute Gasteiger partial charge is 0.493 e. The summed E-state index contributed by atoms with van der Waals surface area (Å²) in [5.74, 6) is 1.47. The molecule has 2 aromatic rings. The van der Waals surface area contributed by atoms with Gasteiger partial charge in [0, 0.05) is 36.1 Å². The molecule has 0 atom stereocenters. The standard InChI is InChI=1S/C24H30N2O3/c1-17(2)13-15-26-21-7-5-6-20(19(21)9-11-24(26)27)25-14-12-18-8-10-22(28-3)23(16-18)29-4/h8-11,13,16H,5-7,12,14-15H2,1-4H3. The zero-order valence-corrected chi connectivity index (χ0v) is 17.8. The van der Waals surface area contributed by atoms with Crippen LogP contribution in [0.2, 0.25) is 0 Å². The van der Waals surface area contributed by atoms with E-state index >= 15 is 0 Å². The molecule has 5 nitrogen and oxygen atoms in total. The predicted octanol–water partition coefficient (Wildman–Crippen LogP) is 4.20. The quantitative estimate of drug-likeness (QED) is 0.662. The molecule has 0 aliphatic heterocycles. The van der Waals surface area contributed by atoms with E-state index in [1.165, 1.54) is 5.57 Å². The van der Waals surface area contributed by atoms with Crippen LogP contribution in [-0.4, -0.2) is 31.0 Å². The average molecular weight is 395 g/mol. The molecule has 3 rings (SSSR count). The Morgan fingerprint density at radius 2 is 1.90 bits per heavy atom. The number of pyridine rings is 1. The number of fused-ring (bicyclic) bond motifs is 1. The van der Waals surface area contributed by atoms with E-state index in [2.05, 4.69) is 19.9 Å². The smallest absolute Gasteiger partial charge is 0.251 e. The van der Waals surface area contributed by atoms with Crippen LogP contribution in [0.5, 0.6) is 11.5 Å². The number of aliphatic imine (C=N–C) groups is 1. The molecule has 0 unspecified atom stereocenters. The van der Waals surface area contributed by atoms with Crippen LogP contribution in [0.3, 0.4) is 0 Å². The van der Waals surface area contributed by atoms with Crippen molar-refractivity contribution >= 4 is 5.71 Å². The maximum absolute atomic E-state index is 12.4. The SMILES string of the molecule is COc1ccc(CCN=C2CCCc3c2ccc(=O)n3CC=C(C)C)cc1OC. The van der Waals surface area contributed by atoms with Crippen molar-refractivity contribution in [2.75, 3.05) is 20.8 Å². The molecule has 0 fully saturated rings. The summed E-state index contributed by atoms with van der Waals surface area (Å²) in [7, 11) is 3.29. The molecule has 29 heavy (non-hydrogen) atoms. The van der Waals surface area contributed by atoms with E-state index in [0.29, 0.717) is 13.1 Å². The third-order valence-electron chi connectivity index (χ3n) is 5.27. The molecule has 154 valence electrons. The first-order valence-electron chi connectivity index (χ1n) is 10.1. The summed E-state index contributed by atoms with van der Waals surface area (Å²) >= 11 is 0. The fourth-order valence-corrected chi connectivity index (χ4v) is 3.70. The van der Waals surface area contributed by atoms with Gasteiger partial charge >= 0.3 is 0 Å².